The first-order valence-electron chi connectivity index (χ1n) is 8.58. The number of nitrogens with zero attached hydrogens (tertiary/aromatic N) is 2. The summed E-state index contributed by atoms with van der Waals surface area (Å²) in [7, 11) is 0. The van der Waals surface area contributed by atoms with Gasteiger partial charge in [0.1, 0.15) is 5.82 Å². The van der Waals surface area contributed by atoms with Crippen LogP contribution >= 0.6 is 22.9 Å². The summed E-state index contributed by atoms with van der Waals surface area (Å²) < 4.78 is 13.9. The van der Waals surface area contributed by atoms with E-state index in [9.17, 15) is 9.18 Å². The van der Waals surface area contributed by atoms with Crippen molar-refractivity contribution in [3.63, 3.8) is 0 Å². The van der Waals surface area contributed by atoms with Crippen molar-refractivity contribution in [1.82, 2.24) is 9.97 Å². The van der Waals surface area contributed by atoms with Gasteiger partial charge in [0, 0.05) is 34.7 Å². The fourth-order valence-corrected chi connectivity index (χ4v) is 3.64. The number of benzene rings is 2. The average Bonchev–Trinajstić information content (AvgIpc) is 3.18. The van der Waals surface area contributed by atoms with Gasteiger partial charge in [-0.05, 0) is 48.5 Å². The molecular weight excluding hydrogens is 411 g/mol. The van der Waals surface area contributed by atoms with Gasteiger partial charge in [0.25, 0.3) is 5.91 Å². The van der Waals surface area contributed by atoms with Gasteiger partial charge in [-0.15, -0.1) is 11.3 Å². The average molecular weight is 425 g/mol. The second kappa shape index (κ2) is 8.38. The fourth-order valence-electron chi connectivity index (χ4n) is 2.66. The van der Waals surface area contributed by atoms with Crippen molar-refractivity contribution in [1.29, 1.82) is 0 Å². The van der Waals surface area contributed by atoms with Crippen LogP contribution in [0.25, 0.3) is 11.3 Å². The van der Waals surface area contributed by atoms with Crippen molar-refractivity contribution < 1.29 is 9.18 Å². The molecule has 144 valence electrons. The van der Waals surface area contributed by atoms with E-state index >= 15 is 0 Å². The van der Waals surface area contributed by atoms with Crippen LogP contribution in [0.2, 0.25) is 5.02 Å². The van der Waals surface area contributed by atoms with Crippen molar-refractivity contribution >= 4 is 45.4 Å². The van der Waals surface area contributed by atoms with Crippen LogP contribution in [0.15, 0.2) is 72.4 Å². The number of carbonyl (C=O) groups is 1. The SMILES string of the molecule is O=C(Nc1ccc(Nc2nc(-c3ccncc3)cs2)cc1)c1c(F)cccc1Cl. The Morgan fingerprint density at radius 1 is 1.00 bits per heavy atom. The van der Waals surface area contributed by atoms with Crippen LogP contribution in [-0.4, -0.2) is 15.9 Å². The molecule has 8 heteroatoms. The maximum Gasteiger partial charge on any atom is 0.260 e. The van der Waals surface area contributed by atoms with E-state index in [-0.39, 0.29) is 10.6 Å². The highest BCUT2D eigenvalue weighted by atomic mass is 35.5. The van der Waals surface area contributed by atoms with Crippen molar-refractivity contribution in [3.05, 3.63) is 88.8 Å². The van der Waals surface area contributed by atoms with Gasteiger partial charge in [-0.2, -0.15) is 0 Å². The van der Waals surface area contributed by atoms with E-state index in [0.717, 1.165) is 22.1 Å². The summed E-state index contributed by atoms with van der Waals surface area (Å²) in [5.74, 6) is -1.27. The Bertz CT molecular complexity index is 1130. The standard InChI is InChI=1S/C21H14ClFN4OS/c22-16-2-1-3-17(23)19(16)20(28)25-14-4-6-15(7-5-14)26-21-27-18(12-29-21)13-8-10-24-11-9-13/h1-12H,(H,25,28)(H,26,27). The van der Waals surface area contributed by atoms with Gasteiger partial charge in [0.15, 0.2) is 5.13 Å². The monoisotopic (exact) mass is 424 g/mol. The van der Waals surface area contributed by atoms with Crippen molar-refractivity contribution in [3.8, 4) is 11.3 Å². The first-order valence-corrected chi connectivity index (χ1v) is 9.84. The highest BCUT2D eigenvalue weighted by molar-refractivity contribution is 7.14. The Morgan fingerprint density at radius 2 is 1.72 bits per heavy atom. The van der Waals surface area contributed by atoms with Crippen LogP contribution in [-0.2, 0) is 0 Å². The summed E-state index contributed by atoms with van der Waals surface area (Å²) >= 11 is 7.42. The van der Waals surface area contributed by atoms with Crippen LogP contribution in [0.1, 0.15) is 10.4 Å². The van der Waals surface area contributed by atoms with Crippen LogP contribution in [0.5, 0.6) is 0 Å². The minimum Gasteiger partial charge on any atom is -0.332 e. The second-order valence-corrected chi connectivity index (χ2v) is 7.29. The highest BCUT2D eigenvalue weighted by Crippen LogP contribution is 2.27. The molecule has 2 N–H and O–H groups in total. The van der Waals surface area contributed by atoms with Crippen LogP contribution in [0, 0.1) is 5.82 Å². The molecule has 29 heavy (non-hydrogen) atoms. The van der Waals surface area contributed by atoms with E-state index in [2.05, 4.69) is 20.6 Å². The third-order valence-corrected chi connectivity index (χ3v) is 5.14. The molecule has 4 rings (SSSR count). The fraction of sp³-hybridized carbons (Fsp3) is 0. The number of hydrogen-bond donors (Lipinski definition) is 2. The smallest absolute Gasteiger partial charge is 0.260 e. The number of amides is 1. The molecule has 0 atom stereocenters. The lowest BCUT2D eigenvalue weighted by molar-refractivity contribution is 0.102. The lowest BCUT2D eigenvalue weighted by atomic mass is 10.2. The van der Waals surface area contributed by atoms with Gasteiger partial charge in [0.2, 0.25) is 0 Å². The van der Waals surface area contributed by atoms with E-state index in [4.69, 9.17) is 11.6 Å². The molecule has 0 fully saturated rings. The minimum atomic E-state index is -0.665. The Hall–Kier alpha value is -3.29. The first kappa shape index (κ1) is 19.0. The molecule has 2 heterocycles. The summed E-state index contributed by atoms with van der Waals surface area (Å²) in [6, 6.07) is 14.9. The number of anilines is 3. The van der Waals surface area contributed by atoms with Crippen LogP contribution in [0.4, 0.5) is 20.9 Å². The molecule has 2 aromatic heterocycles. The largest absolute Gasteiger partial charge is 0.332 e. The Morgan fingerprint density at radius 3 is 2.45 bits per heavy atom. The lowest BCUT2D eigenvalue weighted by Gasteiger charge is -2.09. The number of aromatic nitrogens is 2. The van der Waals surface area contributed by atoms with Crippen LogP contribution in [0.3, 0.4) is 0 Å². The maximum absolute atomic E-state index is 13.9. The quantitative estimate of drug-likeness (QED) is 0.412. The summed E-state index contributed by atoms with van der Waals surface area (Å²) in [5, 5.41) is 8.64. The zero-order valence-electron chi connectivity index (χ0n) is 14.9. The minimum absolute atomic E-state index is 0.0644. The molecule has 4 aromatic rings. The molecule has 0 bridgehead atoms. The van der Waals surface area contributed by atoms with E-state index in [1.165, 1.54) is 29.5 Å². The third kappa shape index (κ3) is 4.42. The molecular formula is C21H14ClFN4OS. The molecule has 0 unspecified atom stereocenters. The summed E-state index contributed by atoms with van der Waals surface area (Å²) in [6.45, 7) is 0. The molecule has 2 aromatic carbocycles. The zero-order valence-corrected chi connectivity index (χ0v) is 16.5. The highest BCUT2D eigenvalue weighted by Gasteiger charge is 2.15. The molecule has 0 aliphatic heterocycles. The third-order valence-electron chi connectivity index (χ3n) is 4.06. The molecule has 0 aliphatic carbocycles. The Balaban J connectivity index is 1.43. The molecule has 0 aliphatic rings. The summed E-state index contributed by atoms with van der Waals surface area (Å²) in [4.78, 5) is 20.9. The lowest BCUT2D eigenvalue weighted by Crippen LogP contribution is -2.14. The normalized spacial score (nSPS) is 10.6. The zero-order chi connectivity index (χ0) is 20.2. The number of rotatable bonds is 5. The van der Waals surface area contributed by atoms with E-state index in [1.807, 2.05) is 17.5 Å². The predicted octanol–water partition coefficient (Wildman–Crippen LogP) is 5.99. The van der Waals surface area contributed by atoms with Gasteiger partial charge in [0.05, 0.1) is 16.3 Å². The van der Waals surface area contributed by atoms with Crippen molar-refractivity contribution in [2.75, 3.05) is 10.6 Å². The maximum atomic E-state index is 13.9. The van der Waals surface area contributed by atoms with Gasteiger partial charge in [-0.1, -0.05) is 17.7 Å². The van der Waals surface area contributed by atoms with E-state index < -0.39 is 11.7 Å². The van der Waals surface area contributed by atoms with E-state index in [0.29, 0.717) is 5.69 Å². The number of carbonyl (C=O) groups excluding carboxylic acids is 1. The number of hydrogen-bond acceptors (Lipinski definition) is 5. The Labute approximate surface area is 175 Å². The van der Waals surface area contributed by atoms with Crippen molar-refractivity contribution in [2.45, 2.75) is 0 Å². The number of halogens is 2. The number of thiazole rings is 1. The van der Waals surface area contributed by atoms with Gasteiger partial charge in [-0.25, -0.2) is 9.37 Å². The van der Waals surface area contributed by atoms with Gasteiger partial charge in [-0.3, -0.25) is 9.78 Å². The predicted molar refractivity (Wildman–Crippen MR) is 114 cm³/mol. The van der Waals surface area contributed by atoms with Crippen molar-refractivity contribution in [2.24, 2.45) is 0 Å². The summed E-state index contributed by atoms with van der Waals surface area (Å²) in [5.41, 5.74) is 3.02. The van der Waals surface area contributed by atoms with Crippen LogP contribution < -0.4 is 10.6 Å². The topological polar surface area (TPSA) is 66.9 Å². The molecule has 0 saturated carbocycles. The second-order valence-electron chi connectivity index (χ2n) is 6.03. The van der Waals surface area contributed by atoms with Gasteiger partial charge < -0.3 is 10.6 Å². The summed E-state index contributed by atoms with van der Waals surface area (Å²) in [6.07, 6.45) is 3.45. The van der Waals surface area contributed by atoms with Gasteiger partial charge >= 0.3 is 0 Å². The number of nitrogens with one attached hydrogen (secondary N) is 2. The molecule has 0 spiro atoms. The molecule has 1 amide bonds. The molecule has 0 saturated heterocycles. The number of pyridine rings is 1. The molecule has 0 radical (unpaired) electrons. The molecule has 5 nitrogen and oxygen atoms in total. The Kier molecular flexibility index (Phi) is 5.50. The van der Waals surface area contributed by atoms with E-state index in [1.54, 1.807) is 36.7 Å². The first-order chi connectivity index (χ1) is 14.1.